The van der Waals surface area contributed by atoms with Crippen LogP contribution in [0.25, 0.3) is 0 Å². The van der Waals surface area contributed by atoms with Crippen molar-refractivity contribution >= 4 is 17.5 Å². The first-order chi connectivity index (χ1) is 7.95. The Morgan fingerprint density at radius 3 is 2.47 bits per heavy atom. The zero-order valence-electron chi connectivity index (χ0n) is 10.2. The van der Waals surface area contributed by atoms with Crippen molar-refractivity contribution in [1.82, 2.24) is 5.32 Å². The highest BCUT2D eigenvalue weighted by molar-refractivity contribution is 5.98. The fourth-order valence-corrected chi connectivity index (χ4v) is 1.42. The van der Waals surface area contributed by atoms with Crippen LogP contribution in [0.3, 0.4) is 0 Å². The highest BCUT2D eigenvalue weighted by Crippen LogP contribution is 2.14. The molecule has 0 saturated heterocycles. The third-order valence-electron chi connectivity index (χ3n) is 2.53. The zero-order chi connectivity index (χ0) is 13.0. The second-order valence-corrected chi connectivity index (χ2v) is 3.88. The maximum atomic E-state index is 11.8. The largest absolute Gasteiger partial charge is 0.388 e. The highest BCUT2D eigenvalue weighted by Gasteiger charge is 2.15. The number of anilines is 1. The topological polar surface area (TPSA) is 84.2 Å². The lowest BCUT2D eigenvalue weighted by atomic mass is 10.1. The molecule has 0 aromatic heterocycles. The second kappa shape index (κ2) is 5.34. The Hall–Kier alpha value is -2.04. The molecule has 0 fully saturated rings. The number of hydrogen-bond donors (Lipinski definition) is 3. The lowest BCUT2D eigenvalue weighted by molar-refractivity contribution is -0.119. The van der Waals surface area contributed by atoms with Crippen LogP contribution in [0.15, 0.2) is 18.2 Å². The van der Waals surface area contributed by atoms with Gasteiger partial charge in [-0.15, -0.1) is 0 Å². The van der Waals surface area contributed by atoms with Crippen molar-refractivity contribution in [3.8, 4) is 0 Å². The van der Waals surface area contributed by atoms with Gasteiger partial charge >= 0.3 is 0 Å². The van der Waals surface area contributed by atoms with Gasteiger partial charge in [-0.3, -0.25) is 9.59 Å². The van der Waals surface area contributed by atoms with Crippen molar-refractivity contribution in [2.75, 3.05) is 12.4 Å². The molecule has 0 spiro atoms. The van der Waals surface area contributed by atoms with Gasteiger partial charge < -0.3 is 16.4 Å². The summed E-state index contributed by atoms with van der Waals surface area (Å²) < 4.78 is 0. The summed E-state index contributed by atoms with van der Waals surface area (Å²) in [6, 6.07) is 4.70. The van der Waals surface area contributed by atoms with E-state index in [-0.39, 0.29) is 5.91 Å². The minimum Gasteiger partial charge on any atom is -0.388 e. The standard InChI is InChI=1S/C12H17N3O2/c1-7-6-9(14-3)4-5-10(7)12(17)15-8(2)11(13)16/h4-6,8,14H,1-3H3,(H2,13,16)(H,15,17). The van der Waals surface area contributed by atoms with Crippen LogP contribution in [-0.2, 0) is 4.79 Å². The van der Waals surface area contributed by atoms with E-state index in [0.29, 0.717) is 5.56 Å². The van der Waals surface area contributed by atoms with E-state index < -0.39 is 11.9 Å². The molecular weight excluding hydrogens is 218 g/mol. The summed E-state index contributed by atoms with van der Waals surface area (Å²) in [5, 5.41) is 5.53. The van der Waals surface area contributed by atoms with Gasteiger partial charge in [-0.25, -0.2) is 0 Å². The van der Waals surface area contributed by atoms with Crippen molar-refractivity contribution in [2.24, 2.45) is 5.73 Å². The molecule has 0 radical (unpaired) electrons. The fraction of sp³-hybridized carbons (Fsp3) is 0.333. The predicted octanol–water partition coefficient (Wildman–Crippen LogP) is 0.640. The van der Waals surface area contributed by atoms with Gasteiger partial charge in [0.05, 0.1) is 0 Å². The molecule has 0 heterocycles. The quantitative estimate of drug-likeness (QED) is 0.716. The molecular formula is C12H17N3O2. The average molecular weight is 235 g/mol. The van der Waals surface area contributed by atoms with E-state index in [2.05, 4.69) is 10.6 Å². The Morgan fingerprint density at radius 2 is 2.00 bits per heavy atom. The zero-order valence-corrected chi connectivity index (χ0v) is 10.2. The third-order valence-corrected chi connectivity index (χ3v) is 2.53. The molecule has 0 saturated carbocycles. The number of benzene rings is 1. The van der Waals surface area contributed by atoms with Gasteiger partial charge in [-0.2, -0.15) is 0 Å². The number of amides is 2. The number of nitrogens with one attached hydrogen (secondary N) is 2. The molecule has 0 bridgehead atoms. The maximum Gasteiger partial charge on any atom is 0.252 e. The van der Waals surface area contributed by atoms with Crippen molar-refractivity contribution in [3.63, 3.8) is 0 Å². The van der Waals surface area contributed by atoms with Crippen molar-refractivity contribution < 1.29 is 9.59 Å². The Bertz CT molecular complexity index is 443. The monoisotopic (exact) mass is 235 g/mol. The number of carbonyl (C=O) groups is 2. The number of primary amides is 1. The van der Waals surface area contributed by atoms with E-state index in [0.717, 1.165) is 11.3 Å². The average Bonchev–Trinajstić information content (AvgIpc) is 2.28. The van der Waals surface area contributed by atoms with Crippen LogP contribution in [0.2, 0.25) is 0 Å². The van der Waals surface area contributed by atoms with Gasteiger partial charge in [0.15, 0.2) is 0 Å². The van der Waals surface area contributed by atoms with Crippen LogP contribution < -0.4 is 16.4 Å². The van der Waals surface area contributed by atoms with E-state index in [1.807, 2.05) is 20.0 Å². The number of nitrogens with two attached hydrogens (primary N) is 1. The first-order valence-corrected chi connectivity index (χ1v) is 5.34. The minimum atomic E-state index is -0.675. The summed E-state index contributed by atoms with van der Waals surface area (Å²) >= 11 is 0. The molecule has 0 aliphatic heterocycles. The van der Waals surface area contributed by atoms with E-state index in [1.165, 1.54) is 0 Å². The van der Waals surface area contributed by atoms with Crippen LogP contribution in [0.1, 0.15) is 22.8 Å². The molecule has 0 aliphatic carbocycles. The molecule has 4 N–H and O–H groups in total. The second-order valence-electron chi connectivity index (χ2n) is 3.88. The molecule has 5 nitrogen and oxygen atoms in total. The molecule has 2 amide bonds. The smallest absolute Gasteiger partial charge is 0.252 e. The van der Waals surface area contributed by atoms with Gasteiger partial charge in [-0.05, 0) is 37.6 Å². The Morgan fingerprint density at radius 1 is 1.35 bits per heavy atom. The molecule has 1 aromatic rings. The van der Waals surface area contributed by atoms with E-state index in [1.54, 1.807) is 19.1 Å². The van der Waals surface area contributed by atoms with Gasteiger partial charge in [0.25, 0.3) is 5.91 Å². The van der Waals surface area contributed by atoms with E-state index in [4.69, 9.17) is 5.73 Å². The van der Waals surface area contributed by atoms with Crippen LogP contribution in [0.5, 0.6) is 0 Å². The number of hydrogen-bond acceptors (Lipinski definition) is 3. The Balaban J connectivity index is 2.86. The number of aryl methyl sites for hydroxylation is 1. The summed E-state index contributed by atoms with van der Waals surface area (Å²) in [7, 11) is 1.81. The number of rotatable bonds is 4. The summed E-state index contributed by atoms with van der Waals surface area (Å²) in [4.78, 5) is 22.7. The van der Waals surface area contributed by atoms with Crippen molar-refractivity contribution in [3.05, 3.63) is 29.3 Å². The molecule has 1 atom stereocenters. The normalized spacial score (nSPS) is 11.7. The summed E-state index contributed by atoms with van der Waals surface area (Å²) in [6.07, 6.45) is 0. The van der Waals surface area contributed by atoms with Crippen LogP contribution in [0.4, 0.5) is 5.69 Å². The molecule has 92 valence electrons. The van der Waals surface area contributed by atoms with Gasteiger partial charge in [0.1, 0.15) is 6.04 Å². The van der Waals surface area contributed by atoms with Crippen LogP contribution >= 0.6 is 0 Å². The van der Waals surface area contributed by atoms with Crippen LogP contribution in [-0.4, -0.2) is 24.9 Å². The summed E-state index contributed by atoms with van der Waals surface area (Å²) in [6.45, 7) is 3.39. The first kappa shape index (κ1) is 13.0. The van der Waals surface area contributed by atoms with Crippen molar-refractivity contribution in [1.29, 1.82) is 0 Å². The summed E-state index contributed by atoms with van der Waals surface area (Å²) in [5.41, 5.74) is 7.39. The molecule has 0 aliphatic rings. The molecule has 5 heteroatoms. The molecule has 1 aromatic carbocycles. The van der Waals surface area contributed by atoms with Crippen LogP contribution in [0, 0.1) is 6.92 Å². The minimum absolute atomic E-state index is 0.295. The summed E-state index contributed by atoms with van der Waals surface area (Å²) in [5.74, 6) is -0.848. The molecule has 1 rings (SSSR count). The fourth-order valence-electron chi connectivity index (χ4n) is 1.42. The lowest BCUT2D eigenvalue weighted by Crippen LogP contribution is -2.42. The van der Waals surface area contributed by atoms with Crippen molar-refractivity contribution in [2.45, 2.75) is 19.9 Å². The van der Waals surface area contributed by atoms with E-state index in [9.17, 15) is 9.59 Å². The van der Waals surface area contributed by atoms with Gasteiger partial charge in [-0.1, -0.05) is 0 Å². The van der Waals surface area contributed by atoms with Gasteiger partial charge in [0, 0.05) is 18.3 Å². The third kappa shape index (κ3) is 3.21. The Kier molecular flexibility index (Phi) is 4.09. The maximum absolute atomic E-state index is 11.8. The van der Waals surface area contributed by atoms with Gasteiger partial charge in [0.2, 0.25) is 5.91 Å². The number of carbonyl (C=O) groups excluding carboxylic acids is 2. The molecule has 17 heavy (non-hydrogen) atoms. The predicted molar refractivity (Wildman–Crippen MR) is 66.8 cm³/mol. The lowest BCUT2D eigenvalue weighted by Gasteiger charge is -2.12. The first-order valence-electron chi connectivity index (χ1n) is 5.34. The van der Waals surface area contributed by atoms with E-state index >= 15 is 0 Å². The highest BCUT2D eigenvalue weighted by atomic mass is 16.2. The molecule has 1 unspecified atom stereocenters. The SMILES string of the molecule is CNc1ccc(C(=O)NC(C)C(N)=O)c(C)c1. The Labute approximate surface area is 100 Å².